The fraction of sp³-hybridized carbons (Fsp3) is 0.118. The van der Waals surface area contributed by atoms with E-state index in [2.05, 4.69) is 28.1 Å². The Bertz CT molecular complexity index is 762. The minimum atomic E-state index is -0.239. The van der Waals surface area contributed by atoms with E-state index in [1.54, 1.807) is 12.1 Å². The third-order valence-corrected chi connectivity index (χ3v) is 3.17. The first-order valence-electron chi connectivity index (χ1n) is 7.22. The highest BCUT2D eigenvalue weighted by Crippen LogP contribution is 2.16. The van der Waals surface area contributed by atoms with Crippen molar-refractivity contribution in [2.24, 2.45) is 10.8 Å². The van der Waals surface area contributed by atoms with Gasteiger partial charge in [-0.1, -0.05) is 30.3 Å². The zero-order chi connectivity index (χ0) is 17.4. The van der Waals surface area contributed by atoms with Crippen LogP contribution >= 0.6 is 12.2 Å². The predicted octanol–water partition coefficient (Wildman–Crippen LogP) is 2.18. The summed E-state index contributed by atoms with van der Waals surface area (Å²) in [5.74, 6) is 0.295. The molecule has 1 amide bonds. The Kier molecular flexibility index (Phi) is 6.27. The van der Waals surface area contributed by atoms with Crippen molar-refractivity contribution in [1.82, 2.24) is 5.43 Å². The number of carbonyl (C=O) groups is 1. The van der Waals surface area contributed by atoms with Crippen molar-refractivity contribution in [3.63, 3.8) is 0 Å². The average Bonchev–Trinajstić information content (AvgIpc) is 2.56. The van der Waals surface area contributed by atoms with Gasteiger partial charge in [-0.3, -0.25) is 10.2 Å². The van der Waals surface area contributed by atoms with Crippen molar-refractivity contribution < 1.29 is 9.53 Å². The fourth-order valence-corrected chi connectivity index (χ4v) is 1.98. The number of hydrogen-bond donors (Lipinski definition) is 3. The van der Waals surface area contributed by atoms with Crippen molar-refractivity contribution in [1.29, 1.82) is 0 Å². The van der Waals surface area contributed by atoms with E-state index in [0.717, 1.165) is 11.3 Å². The number of nitrogens with zero attached hydrogens (tertiary/aromatic N) is 1. The lowest BCUT2D eigenvalue weighted by atomic mass is 10.2. The number of anilines is 1. The Balaban J connectivity index is 1.96. The highest BCUT2D eigenvalue weighted by Gasteiger charge is 2.07. The minimum Gasteiger partial charge on any atom is -0.483 e. The number of aryl methyl sites for hydroxylation is 1. The molecule has 2 aromatic carbocycles. The SMILES string of the molecule is Cc1ccccc1NC(=O)COc1ccccc1C=NNC(N)=S. The van der Waals surface area contributed by atoms with Gasteiger partial charge >= 0.3 is 0 Å². The molecule has 7 heteroatoms. The summed E-state index contributed by atoms with van der Waals surface area (Å²) in [5, 5.41) is 6.77. The number of hydrazone groups is 1. The van der Waals surface area contributed by atoms with Gasteiger partial charge in [-0.15, -0.1) is 0 Å². The van der Waals surface area contributed by atoms with Gasteiger partial charge in [0.05, 0.1) is 6.21 Å². The van der Waals surface area contributed by atoms with Gasteiger partial charge in [0, 0.05) is 11.3 Å². The molecule has 0 unspecified atom stereocenters. The van der Waals surface area contributed by atoms with Crippen LogP contribution in [0.25, 0.3) is 0 Å². The average molecular weight is 342 g/mol. The molecule has 24 heavy (non-hydrogen) atoms. The summed E-state index contributed by atoms with van der Waals surface area (Å²) in [4.78, 5) is 12.0. The summed E-state index contributed by atoms with van der Waals surface area (Å²) in [6.45, 7) is 1.82. The normalized spacial score (nSPS) is 10.4. The molecule has 0 aromatic heterocycles. The minimum absolute atomic E-state index is 0.0715. The molecule has 124 valence electrons. The van der Waals surface area contributed by atoms with Crippen LogP contribution in [0.2, 0.25) is 0 Å². The molecule has 0 saturated carbocycles. The van der Waals surface area contributed by atoms with Crippen LogP contribution in [0.1, 0.15) is 11.1 Å². The van der Waals surface area contributed by atoms with Gasteiger partial charge in [0.15, 0.2) is 11.7 Å². The van der Waals surface area contributed by atoms with E-state index < -0.39 is 0 Å². The molecule has 0 radical (unpaired) electrons. The lowest BCUT2D eigenvalue weighted by molar-refractivity contribution is -0.118. The van der Waals surface area contributed by atoms with E-state index in [-0.39, 0.29) is 17.6 Å². The maximum atomic E-state index is 12.0. The lowest BCUT2D eigenvalue weighted by Crippen LogP contribution is -2.24. The Morgan fingerprint density at radius 3 is 2.71 bits per heavy atom. The van der Waals surface area contributed by atoms with Crippen LogP contribution in [-0.2, 0) is 4.79 Å². The number of para-hydroxylation sites is 2. The summed E-state index contributed by atoms with van der Waals surface area (Å²) in [6.07, 6.45) is 1.52. The molecular weight excluding hydrogens is 324 g/mol. The molecule has 0 aliphatic rings. The molecule has 4 N–H and O–H groups in total. The summed E-state index contributed by atoms with van der Waals surface area (Å²) < 4.78 is 5.57. The first-order chi connectivity index (χ1) is 11.6. The van der Waals surface area contributed by atoms with Crippen LogP contribution in [0.5, 0.6) is 5.75 Å². The number of carbonyl (C=O) groups excluding carboxylic acids is 1. The molecule has 0 aliphatic carbocycles. The van der Waals surface area contributed by atoms with E-state index in [4.69, 9.17) is 10.5 Å². The summed E-state index contributed by atoms with van der Waals surface area (Å²) in [5.41, 5.74) is 10.2. The van der Waals surface area contributed by atoms with Gasteiger partial charge in [0.2, 0.25) is 0 Å². The zero-order valence-corrected chi connectivity index (χ0v) is 14.0. The summed E-state index contributed by atoms with van der Waals surface area (Å²) in [7, 11) is 0. The highest BCUT2D eigenvalue weighted by molar-refractivity contribution is 7.80. The van der Waals surface area contributed by atoms with Crippen LogP contribution in [-0.4, -0.2) is 23.8 Å². The molecule has 6 nitrogen and oxygen atoms in total. The second kappa shape index (κ2) is 8.64. The van der Waals surface area contributed by atoms with Crippen LogP contribution in [0, 0.1) is 6.92 Å². The monoisotopic (exact) mass is 342 g/mol. The van der Waals surface area contributed by atoms with Crippen molar-refractivity contribution in [2.45, 2.75) is 6.92 Å². The molecule has 0 heterocycles. The van der Waals surface area contributed by atoms with Gasteiger partial charge in [-0.05, 0) is 42.9 Å². The molecule has 0 bridgehead atoms. The van der Waals surface area contributed by atoms with Gasteiger partial charge in [0.1, 0.15) is 5.75 Å². The van der Waals surface area contributed by atoms with E-state index in [1.807, 2.05) is 43.3 Å². The van der Waals surface area contributed by atoms with Gasteiger partial charge in [0.25, 0.3) is 5.91 Å². The number of nitrogens with one attached hydrogen (secondary N) is 2. The molecule has 0 saturated heterocycles. The zero-order valence-electron chi connectivity index (χ0n) is 13.2. The maximum absolute atomic E-state index is 12.0. The number of nitrogens with two attached hydrogens (primary N) is 1. The number of benzene rings is 2. The molecular formula is C17H18N4O2S. The van der Waals surface area contributed by atoms with Crippen LogP contribution in [0.4, 0.5) is 5.69 Å². The molecule has 0 aliphatic heterocycles. The number of hydrogen-bond acceptors (Lipinski definition) is 4. The predicted molar refractivity (Wildman–Crippen MR) is 99.3 cm³/mol. The van der Waals surface area contributed by atoms with Crippen molar-refractivity contribution in [2.75, 3.05) is 11.9 Å². The molecule has 0 atom stereocenters. The van der Waals surface area contributed by atoms with Crippen molar-refractivity contribution in [3.05, 3.63) is 59.7 Å². The third-order valence-electron chi connectivity index (χ3n) is 3.08. The van der Waals surface area contributed by atoms with Gasteiger partial charge in [-0.2, -0.15) is 5.10 Å². The fourth-order valence-electron chi connectivity index (χ4n) is 1.93. The summed E-state index contributed by atoms with van der Waals surface area (Å²) >= 11 is 4.67. The van der Waals surface area contributed by atoms with Gasteiger partial charge < -0.3 is 15.8 Å². The van der Waals surface area contributed by atoms with Crippen molar-refractivity contribution >= 4 is 35.1 Å². The van der Waals surface area contributed by atoms with Gasteiger partial charge in [-0.25, -0.2) is 0 Å². The lowest BCUT2D eigenvalue weighted by Gasteiger charge is -2.10. The van der Waals surface area contributed by atoms with E-state index in [9.17, 15) is 4.79 Å². The number of thiocarbonyl (C=S) groups is 1. The third kappa shape index (κ3) is 5.36. The molecule has 0 spiro atoms. The number of rotatable bonds is 6. The van der Waals surface area contributed by atoms with Crippen LogP contribution in [0.15, 0.2) is 53.6 Å². The Labute approximate surface area is 145 Å². The standard InChI is InChI=1S/C17H18N4O2S/c1-12-6-2-4-8-14(12)20-16(22)11-23-15-9-5-3-7-13(15)10-19-21-17(18)24/h2-10H,11H2,1H3,(H,20,22)(H3,18,21,24). The Morgan fingerprint density at radius 2 is 1.96 bits per heavy atom. The van der Waals surface area contributed by atoms with Crippen molar-refractivity contribution in [3.8, 4) is 5.75 Å². The summed E-state index contributed by atoms with van der Waals surface area (Å²) in [6, 6.07) is 14.8. The largest absolute Gasteiger partial charge is 0.483 e. The van der Waals surface area contributed by atoms with E-state index >= 15 is 0 Å². The first-order valence-corrected chi connectivity index (χ1v) is 7.63. The van der Waals surface area contributed by atoms with Crippen LogP contribution < -0.4 is 21.2 Å². The van der Waals surface area contributed by atoms with E-state index in [0.29, 0.717) is 11.3 Å². The topological polar surface area (TPSA) is 88.7 Å². The second-order valence-corrected chi connectivity index (χ2v) is 5.36. The molecule has 2 rings (SSSR count). The van der Waals surface area contributed by atoms with E-state index in [1.165, 1.54) is 6.21 Å². The number of ether oxygens (including phenoxy) is 1. The quantitative estimate of drug-likeness (QED) is 0.425. The maximum Gasteiger partial charge on any atom is 0.262 e. The highest BCUT2D eigenvalue weighted by atomic mass is 32.1. The first kappa shape index (κ1) is 17.4. The smallest absolute Gasteiger partial charge is 0.262 e. The number of amides is 1. The second-order valence-electron chi connectivity index (χ2n) is 4.92. The Hall–Kier alpha value is -2.93. The molecule has 2 aromatic rings. The molecule has 0 fully saturated rings. The van der Waals surface area contributed by atoms with Crippen LogP contribution in [0.3, 0.4) is 0 Å². The Morgan fingerprint density at radius 1 is 1.25 bits per heavy atom.